The van der Waals surface area contributed by atoms with E-state index < -0.39 is 0 Å². The van der Waals surface area contributed by atoms with Gasteiger partial charge in [0.25, 0.3) is 0 Å². The van der Waals surface area contributed by atoms with Gasteiger partial charge in [0.1, 0.15) is 0 Å². The van der Waals surface area contributed by atoms with Crippen LogP contribution in [0.1, 0.15) is 44.9 Å². The quantitative estimate of drug-likeness (QED) is 0.757. The molecule has 0 aromatic heterocycles. The molecule has 1 heterocycles. The van der Waals surface area contributed by atoms with Gasteiger partial charge in [0.15, 0.2) is 0 Å². The van der Waals surface area contributed by atoms with E-state index in [2.05, 4.69) is 11.9 Å². The predicted octanol–water partition coefficient (Wildman–Crippen LogP) is 2.27. The number of aliphatic hydroxyl groups is 1. The zero-order chi connectivity index (χ0) is 10.7. The van der Waals surface area contributed by atoms with E-state index in [4.69, 9.17) is 0 Å². The molecule has 2 nitrogen and oxygen atoms in total. The predicted molar refractivity (Wildman–Crippen MR) is 62.8 cm³/mol. The molecule has 2 unspecified atom stereocenters. The molecule has 1 aliphatic carbocycles. The van der Waals surface area contributed by atoms with Crippen molar-refractivity contribution in [2.75, 3.05) is 20.1 Å². The van der Waals surface area contributed by atoms with Gasteiger partial charge in [-0.2, -0.15) is 0 Å². The van der Waals surface area contributed by atoms with Crippen LogP contribution < -0.4 is 0 Å². The van der Waals surface area contributed by atoms with Crippen molar-refractivity contribution in [3.8, 4) is 0 Å². The molecule has 0 radical (unpaired) electrons. The van der Waals surface area contributed by atoms with Gasteiger partial charge in [-0.1, -0.05) is 12.8 Å². The average Bonchev–Trinajstić information content (AvgIpc) is 2.67. The lowest BCUT2D eigenvalue weighted by Gasteiger charge is -2.26. The van der Waals surface area contributed by atoms with Gasteiger partial charge in [0.2, 0.25) is 0 Å². The maximum absolute atomic E-state index is 10.4. The minimum Gasteiger partial charge on any atom is -0.393 e. The number of aliphatic hydroxyl groups excluding tert-OH is 1. The highest BCUT2D eigenvalue weighted by atomic mass is 16.3. The molecular weight excluding hydrogens is 186 g/mol. The van der Waals surface area contributed by atoms with Gasteiger partial charge in [0, 0.05) is 0 Å². The SMILES string of the molecule is CN1CCCC(C(O)C2CCCC2)CC1. The molecule has 1 N–H and O–H groups in total. The largest absolute Gasteiger partial charge is 0.393 e. The Morgan fingerprint density at radius 2 is 1.53 bits per heavy atom. The summed E-state index contributed by atoms with van der Waals surface area (Å²) in [6.45, 7) is 2.39. The van der Waals surface area contributed by atoms with Crippen LogP contribution in [-0.4, -0.2) is 36.2 Å². The van der Waals surface area contributed by atoms with Crippen LogP contribution in [0.25, 0.3) is 0 Å². The maximum atomic E-state index is 10.4. The highest BCUT2D eigenvalue weighted by Gasteiger charge is 2.30. The van der Waals surface area contributed by atoms with E-state index in [0.717, 1.165) is 0 Å². The smallest absolute Gasteiger partial charge is 0.0597 e. The van der Waals surface area contributed by atoms with Gasteiger partial charge in [-0.3, -0.25) is 0 Å². The molecule has 0 bridgehead atoms. The van der Waals surface area contributed by atoms with Crippen LogP contribution in [0.15, 0.2) is 0 Å². The summed E-state index contributed by atoms with van der Waals surface area (Å²) in [4.78, 5) is 2.40. The second-order valence-electron chi connectivity index (χ2n) is 5.53. The Morgan fingerprint density at radius 1 is 0.933 bits per heavy atom. The summed E-state index contributed by atoms with van der Waals surface area (Å²) >= 11 is 0. The number of rotatable bonds is 2. The molecule has 1 saturated carbocycles. The van der Waals surface area contributed by atoms with E-state index in [1.165, 1.54) is 58.0 Å². The molecule has 15 heavy (non-hydrogen) atoms. The lowest BCUT2D eigenvalue weighted by Crippen LogP contribution is -2.28. The summed E-state index contributed by atoms with van der Waals surface area (Å²) in [5.74, 6) is 1.21. The summed E-state index contributed by atoms with van der Waals surface area (Å²) < 4.78 is 0. The number of likely N-dealkylation sites (tertiary alicyclic amines) is 1. The summed E-state index contributed by atoms with van der Waals surface area (Å²) in [7, 11) is 2.20. The molecule has 0 spiro atoms. The zero-order valence-electron chi connectivity index (χ0n) is 9.99. The zero-order valence-corrected chi connectivity index (χ0v) is 9.99. The van der Waals surface area contributed by atoms with Crippen molar-refractivity contribution in [2.45, 2.75) is 51.0 Å². The summed E-state index contributed by atoms with van der Waals surface area (Å²) in [6, 6.07) is 0. The molecule has 2 fully saturated rings. The molecule has 1 saturated heterocycles. The van der Waals surface area contributed by atoms with E-state index in [9.17, 15) is 5.11 Å². The molecule has 0 amide bonds. The van der Waals surface area contributed by atoms with Crippen molar-refractivity contribution in [3.63, 3.8) is 0 Å². The molecule has 0 aromatic rings. The Kier molecular flexibility index (Phi) is 4.04. The van der Waals surface area contributed by atoms with Crippen LogP contribution in [0, 0.1) is 11.8 Å². The first-order chi connectivity index (χ1) is 7.27. The van der Waals surface area contributed by atoms with Crippen molar-refractivity contribution in [2.24, 2.45) is 11.8 Å². The molecule has 88 valence electrons. The monoisotopic (exact) mass is 211 g/mol. The molecule has 2 atom stereocenters. The van der Waals surface area contributed by atoms with Crippen LogP contribution >= 0.6 is 0 Å². The Labute approximate surface area is 93.7 Å². The standard InChI is InChI=1S/C13H25NO/c1-14-9-4-7-12(8-10-14)13(15)11-5-2-3-6-11/h11-13,15H,2-10H2,1H3. The second-order valence-corrected chi connectivity index (χ2v) is 5.53. The maximum Gasteiger partial charge on any atom is 0.0597 e. The second kappa shape index (κ2) is 5.31. The normalized spacial score (nSPS) is 32.8. The van der Waals surface area contributed by atoms with Crippen molar-refractivity contribution >= 4 is 0 Å². The number of nitrogens with zero attached hydrogens (tertiary/aromatic N) is 1. The third-order valence-corrected chi connectivity index (χ3v) is 4.36. The fourth-order valence-electron chi connectivity index (χ4n) is 3.29. The van der Waals surface area contributed by atoms with Crippen LogP contribution in [0.2, 0.25) is 0 Å². The summed E-state index contributed by atoms with van der Waals surface area (Å²) in [6.07, 6.45) is 8.93. The first-order valence-corrected chi connectivity index (χ1v) is 6.64. The van der Waals surface area contributed by atoms with E-state index in [0.29, 0.717) is 11.8 Å². The lowest BCUT2D eigenvalue weighted by atomic mass is 9.85. The Balaban J connectivity index is 1.85. The third-order valence-electron chi connectivity index (χ3n) is 4.36. The molecule has 2 aliphatic rings. The topological polar surface area (TPSA) is 23.5 Å². The number of hydrogen-bond acceptors (Lipinski definition) is 2. The Bertz CT molecular complexity index is 189. The molecule has 2 rings (SSSR count). The van der Waals surface area contributed by atoms with Gasteiger partial charge in [-0.25, -0.2) is 0 Å². The van der Waals surface area contributed by atoms with Crippen LogP contribution in [0.4, 0.5) is 0 Å². The third kappa shape index (κ3) is 2.94. The van der Waals surface area contributed by atoms with Crippen molar-refractivity contribution in [1.29, 1.82) is 0 Å². The summed E-state index contributed by atoms with van der Waals surface area (Å²) in [5, 5.41) is 10.4. The minimum atomic E-state index is -0.000926. The lowest BCUT2D eigenvalue weighted by molar-refractivity contribution is 0.0460. The van der Waals surface area contributed by atoms with E-state index in [1.54, 1.807) is 0 Å². The average molecular weight is 211 g/mol. The highest BCUT2D eigenvalue weighted by Crippen LogP contribution is 2.34. The molecule has 2 heteroatoms. The first-order valence-electron chi connectivity index (χ1n) is 6.64. The molecule has 0 aromatic carbocycles. The van der Waals surface area contributed by atoms with Crippen LogP contribution in [-0.2, 0) is 0 Å². The van der Waals surface area contributed by atoms with Crippen molar-refractivity contribution in [1.82, 2.24) is 4.90 Å². The Morgan fingerprint density at radius 3 is 2.27 bits per heavy atom. The van der Waals surface area contributed by atoms with Crippen molar-refractivity contribution in [3.05, 3.63) is 0 Å². The van der Waals surface area contributed by atoms with Gasteiger partial charge < -0.3 is 10.0 Å². The van der Waals surface area contributed by atoms with Crippen molar-refractivity contribution < 1.29 is 5.11 Å². The fourth-order valence-corrected chi connectivity index (χ4v) is 3.29. The summed E-state index contributed by atoms with van der Waals surface area (Å²) in [5.41, 5.74) is 0. The Hall–Kier alpha value is -0.0800. The fraction of sp³-hybridized carbons (Fsp3) is 1.00. The van der Waals surface area contributed by atoms with Crippen LogP contribution in [0.5, 0.6) is 0 Å². The highest BCUT2D eigenvalue weighted by molar-refractivity contribution is 4.82. The van der Waals surface area contributed by atoms with Gasteiger partial charge in [0.05, 0.1) is 6.10 Å². The minimum absolute atomic E-state index is 0.000926. The first kappa shape index (κ1) is 11.4. The van der Waals surface area contributed by atoms with E-state index in [1.807, 2.05) is 0 Å². The number of hydrogen-bond donors (Lipinski definition) is 1. The van der Waals surface area contributed by atoms with E-state index >= 15 is 0 Å². The molecular formula is C13H25NO. The van der Waals surface area contributed by atoms with E-state index in [-0.39, 0.29) is 6.10 Å². The van der Waals surface area contributed by atoms with Gasteiger partial charge >= 0.3 is 0 Å². The van der Waals surface area contributed by atoms with Gasteiger partial charge in [-0.15, -0.1) is 0 Å². The molecule has 1 aliphatic heterocycles. The van der Waals surface area contributed by atoms with Gasteiger partial charge in [-0.05, 0) is 64.1 Å². The van der Waals surface area contributed by atoms with Crippen LogP contribution in [0.3, 0.4) is 0 Å².